The van der Waals surface area contributed by atoms with Crippen LogP contribution in [0.15, 0.2) is 47.1 Å². The van der Waals surface area contributed by atoms with Crippen LogP contribution < -0.4 is 0 Å². The first-order chi connectivity index (χ1) is 17.0. The van der Waals surface area contributed by atoms with Gasteiger partial charge in [0.05, 0.1) is 17.5 Å². The first-order valence-corrected chi connectivity index (χ1v) is 12.5. The van der Waals surface area contributed by atoms with E-state index in [0.717, 1.165) is 47.8 Å². The van der Waals surface area contributed by atoms with E-state index in [1.165, 1.54) is 25.2 Å². The molecule has 2 N–H and O–H groups in total. The lowest BCUT2D eigenvalue weighted by molar-refractivity contribution is 0.0695. The third kappa shape index (κ3) is 5.03. The molecule has 35 heavy (non-hydrogen) atoms. The van der Waals surface area contributed by atoms with Crippen LogP contribution in [0.1, 0.15) is 66.4 Å². The molecule has 0 spiro atoms. The number of para-hydroxylation sites is 1. The first kappa shape index (κ1) is 24.7. The number of aryl methyl sites for hydroxylation is 2. The largest absolute Gasteiger partial charge is 0.505 e. The zero-order valence-corrected chi connectivity index (χ0v) is 20.8. The van der Waals surface area contributed by atoms with E-state index < -0.39 is 5.97 Å². The molecule has 1 aliphatic rings. The van der Waals surface area contributed by atoms with Crippen molar-refractivity contribution in [1.29, 1.82) is 0 Å². The van der Waals surface area contributed by atoms with Gasteiger partial charge < -0.3 is 19.5 Å². The minimum Gasteiger partial charge on any atom is -0.505 e. The highest BCUT2D eigenvalue weighted by molar-refractivity contribution is 6.06. The number of rotatable bonds is 6. The monoisotopic (exact) mass is 474 g/mol. The molecule has 2 heterocycles. The Labute approximate surface area is 206 Å². The van der Waals surface area contributed by atoms with Gasteiger partial charge in [-0.25, -0.2) is 9.78 Å². The van der Waals surface area contributed by atoms with Gasteiger partial charge in [-0.2, -0.15) is 0 Å². The topological polar surface area (TPSA) is 86.8 Å². The van der Waals surface area contributed by atoms with Gasteiger partial charge in [-0.15, -0.1) is 0 Å². The van der Waals surface area contributed by atoms with E-state index in [4.69, 9.17) is 9.40 Å². The lowest BCUT2D eigenvalue weighted by Crippen LogP contribution is -2.21. The van der Waals surface area contributed by atoms with Gasteiger partial charge in [0, 0.05) is 22.8 Å². The van der Waals surface area contributed by atoms with E-state index >= 15 is 0 Å². The number of aromatic nitrogens is 1. The van der Waals surface area contributed by atoms with Crippen LogP contribution >= 0.6 is 0 Å². The molecule has 0 saturated heterocycles. The molecule has 0 aliphatic heterocycles. The number of carbonyl (C=O) groups is 1. The van der Waals surface area contributed by atoms with Gasteiger partial charge >= 0.3 is 5.97 Å². The van der Waals surface area contributed by atoms with Crippen LogP contribution in [0.4, 0.5) is 0 Å². The molecule has 5 rings (SSSR count). The van der Waals surface area contributed by atoms with Crippen molar-refractivity contribution in [3.05, 3.63) is 70.6 Å². The van der Waals surface area contributed by atoms with Gasteiger partial charge in [0.25, 0.3) is 0 Å². The molecule has 0 radical (unpaired) electrons. The summed E-state index contributed by atoms with van der Waals surface area (Å²) < 4.78 is 5.59. The van der Waals surface area contributed by atoms with Crippen LogP contribution in [-0.4, -0.2) is 45.7 Å². The van der Waals surface area contributed by atoms with Gasteiger partial charge in [0.2, 0.25) is 0 Å². The number of fused-ring (bicyclic) bond motifs is 4. The number of hydrogen-bond donors (Lipinski definition) is 2. The number of hydrogen-bond acceptors (Lipinski definition) is 5. The predicted octanol–water partition coefficient (Wildman–Crippen LogP) is 6.20. The Morgan fingerprint density at radius 2 is 1.71 bits per heavy atom. The van der Waals surface area contributed by atoms with Crippen LogP contribution in [0, 0.1) is 0 Å². The third-order valence-electron chi connectivity index (χ3n) is 7.00. The molecule has 2 aromatic heterocycles. The zero-order valence-electron chi connectivity index (χ0n) is 20.8. The van der Waals surface area contributed by atoms with Crippen molar-refractivity contribution in [2.24, 2.45) is 0 Å². The molecular formula is C29H34N2O4. The molecule has 4 aromatic rings. The fraction of sp³-hybridized carbons (Fsp3) is 0.379. The molecule has 6 heteroatoms. The Morgan fingerprint density at radius 3 is 2.40 bits per heavy atom. The number of aromatic carboxylic acids is 1. The summed E-state index contributed by atoms with van der Waals surface area (Å²) in [5.74, 6) is -1.40. The van der Waals surface area contributed by atoms with Crippen molar-refractivity contribution in [2.75, 3.05) is 19.6 Å². The Bertz CT molecular complexity index is 1330. The van der Waals surface area contributed by atoms with Crippen molar-refractivity contribution in [3.8, 4) is 5.75 Å². The average Bonchev–Trinajstić information content (AvgIpc) is 3.28. The van der Waals surface area contributed by atoms with Crippen LogP contribution in [0.5, 0.6) is 5.75 Å². The Balaban J connectivity index is 0.000000364. The summed E-state index contributed by atoms with van der Waals surface area (Å²) in [7, 11) is 0. The summed E-state index contributed by atoms with van der Waals surface area (Å²) in [5.41, 5.74) is 4.98. The SMILES string of the molecule is CCN(CC)CC.O=C(O)c1c(O)c(Cc2coc3ccccc23)nc2c3c(ccc12)CCCC3. The van der Waals surface area contributed by atoms with Crippen LogP contribution in [0.3, 0.4) is 0 Å². The number of benzene rings is 2. The Hall–Kier alpha value is -3.38. The van der Waals surface area contributed by atoms with Crippen LogP contribution in [0.2, 0.25) is 0 Å². The number of pyridine rings is 1. The molecule has 0 fully saturated rings. The van der Waals surface area contributed by atoms with Crippen LogP contribution in [0.25, 0.3) is 21.9 Å². The van der Waals surface area contributed by atoms with Crippen molar-refractivity contribution in [2.45, 2.75) is 52.9 Å². The summed E-state index contributed by atoms with van der Waals surface area (Å²) in [6.45, 7) is 10.1. The van der Waals surface area contributed by atoms with E-state index in [-0.39, 0.29) is 11.3 Å². The molecule has 0 bridgehead atoms. The third-order valence-corrected chi connectivity index (χ3v) is 7.00. The molecule has 2 aromatic carbocycles. The van der Waals surface area contributed by atoms with Gasteiger partial charge in [-0.05, 0) is 62.5 Å². The number of furan rings is 1. The Kier molecular flexibility index (Phi) is 7.71. The molecule has 1 aliphatic carbocycles. The summed E-state index contributed by atoms with van der Waals surface area (Å²) in [6.07, 6.45) is 6.03. The summed E-state index contributed by atoms with van der Waals surface area (Å²) >= 11 is 0. The average molecular weight is 475 g/mol. The van der Waals surface area contributed by atoms with Gasteiger partial charge in [-0.1, -0.05) is 51.1 Å². The van der Waals surface area contributed by atoms with Crippen molar-refractivity contribution in [1.82, 2.24) is 9.88 Å². The number of aromatic hydroxyl groups is 1. The van der Waals surface area contributed by atoms with Gasteiger partial charge in [-0.3, -0.25) is 0 Å². The zero-order chi connectivity index (χ0) is 24.9. The minimum atomic E-state index is -1.14. The van der Waals surface area contributed by atoms with E-state index in [9.17, 15) is 15.0 Å². The maximum atomic E-state index is 12.0. The fourth-order valence-corrected chi connectivity index (χ4v) is 4.96. The second-order valence-electron chi connectivity index (χ2n) is 8.95. The quantitative estimate of drug-likeness (QED) is 0.346. The standard InChI is InChI=1S/C23H19NO4.C6H15N/c25-22-18(11-14-12-28-19-8-4-3-6-15(14)19)24-21-16-7-2-1-5-13(16)9-10-17(21)20(22)23(26)27;1-4-7(5-2)6-3/h3-4,6,8-10,12,25H,1-2,5,7,11H2,(H,26,27);4-6H2,1-3H3. The van der Waals surface area contributed by atoms with Gasteiger partial charge in [0.1, 0.15) is 11.1 Å². The molecular weight excluding hydrogens is 440 g/mol. The predicted molar refractivity (Wildman–Crippen MR) is 139 cm³/mol. The lowest BCUT2D eigenvalue weighted by Gasteiger charge is -2.19. The number of nitrogens with zero attached hydrogens (tertiary/aromatic N) is 2. The molecule has 0 unspecified atom stereocenters. The second-order valence-corrected chi connectivity index (χ2v) is 8.95. The van der Waals surface area contributed by atoms with E-state index in [1.54, 1.807) is 12.3 Å². The molecule has 0 amide bonds. The maximum Gasteiger partial charge on any atom is 0.340 e. The maximum absolute atomic E-state index is 12.0. The summed E-state index contributed by atoms with van der Waals surface area (Å²) in [5, 5.41) is 22.0. The van der Waals surface area contributed by atoms with Gasteiger partial charge in [0.15, 0.2) is 5.75 Å². The van der Waals surface area contributed by atoms with Crippen molar-refractivity contribution in [3.63, 3.8) is 0 Å². The molecule has 0 saturated carbocycles. The molecule has 184 valence electrons. The highest BCUT2D eigenvalue weighted by Gasteiger charge is 2.24. The second kappa shape index (κ2) is 10.9. The molecule has 6 nitrogen and oxygen atoms in total. The van der Waals surface area contributed by atoms with E-state index in [2.05, 4.69) is 25.7 Å². The van der Waals surface area contributed by atoms with Crippen molar-refractivity contribution >= 4 is 27.8 Å². The van der Waals surface area contributed by atoms with E-state index in [0.29, 0.717) is 23.0 Å². The number of carboxylic acid groups (broad SMARTS) is 1. The van der Waals surface area contributed by atoms with Crippen molar-refractivity contribution < 1.29 is 19.4 Å². The Morgan fingerprint density at radius 1 is 1.00 bits per heavy atom. The lowest BCUT2D eigenvalue weighted by atomic mass is 9.88. The first-order valence-electron chi connectivity index (χ1n) is 12.5. The highest BCUT2D eigenvalue weighted by atomic mass is 16.4. The normalized spacial score (nSPS) is 13.0. The van der Waals surface area contributed by atoms with Crippen LogP contribution in [-0.2, 0) is 19.3 Å². The summed E-state index contributed by atoms with van der Waals surface area (Å²) in [6, 6.07) is 11.4. The highest BCUT2D eigenvalue weighted by Crippen LogP contribution is 2.36. The van der Waals surface area contributed by atoms with E-state index in [1.807, 2.05) is 30.3 Å². The number of carboxylic acids is 1. The smallest absolute Gasteiger partial charge is 0.340 e. The minimum absolute atomic E-state index is 0.0684. The summed E-state index contributed by atoms with van der Waals surface area (Å²) in [4.78, 5) is 19.1. The fourth-order valence-electron chi connectivity index (χ4n) is 4.96. The molecule has 0 atom stereocenters.